The largest absolute Gasteiger partial charge is 0.327 e. The Kier molecular flexibility index (Phi) is 4.13. The molecule has 2 amide bonds. The van der Waals surface area contributed by atoms with Gasteiger partial charge >= 0.3 is 6.03 Å². The summed E-state index contributed by atoms with van der Waals surface area (Å²) in [6, 6.07) is 2.91. The Hall–Kier alpha value is -3.01. The van der Waals surface area contributed by atoms with E-state index in [2.05, 4.69) is 21.8 Å². The minimum absolute atomic E-state index is 0.0397. The molecule has 2 heterocycles. The van der Waals surface area contributed by atoms with Crippen LogP contribution >= 0.6 is 0 Å². The van der Waals surface area contributed by atoms with Crippen molar-refractivity contribution in [1.29, 1.82) is 0 Å². The molecule has 0 aliphatic carbocycles. The van der Waals surface area contributed by atoms with Crippen LogP contribution in [0.4, 0.5) is 19.5 Å². The molecule has 0 bridgehead atoms. The second kappa shape index (κ2) is 6.13. The highest BCUT2D eigenvalue weighted by molar-refractivity contribution is 5.93. The number of benzene rings is 1. The summed E-state index contributed by atoms with van der Waals surface area (Å²) in [5, 5.41) is 0. The number of aromatic nitrogens is 2. The molecule has 1 aromatic carbocycles. The molecule has 5 nitrogen and oxygen atoms in total. The maximum Gasteiger partial charge on any atom is 0.327 e. The third-order valence-corrected chi connectivity index (χ3v) is 4.12. The lowest BCUT2D eigenvalue weighted by molar-refractivity contribution is 0.198. The molecule has 3 rings (SSSR count). The van der Waals surface area contributed by atoms with Gasteiger partial charge in [0, 0.05) is 19.4 Å². The Morgan fingerprint density at radius 3 is 2.44 bits per heavy atom. The van der Waals surface area contributed by atoms with Crippen molar-refractivity contribution in [3.05, 3.63) is 53.4 Å². The van der Waals surface area contributed by atoms with Crippen molar-refractivity contribution in [2.75, 3.05) is 18.5 Å². The summed E-state index contributed by atoms with van der Waals surface area (Å²) in [6.07, 6.45) is 2.90. The van der Waals surface area contributed by atoms with Crippen LogP contribution in [0.3, 0.4) is 0 Å². The average Bonchev–Trinajstić information content (AvgIpc) is 2.79. The molecule has 0 saturated carbocycles. The summed E-state index contributed by atoms with van der Waals surface area (Å²) in [7, 11) is 1.73. The van der Waals surface area contributed by atoms with E-state index in [9.17, 15) is 13.6 Å². The van der Waals surface area contributed by atoms with E-state index in [1.54, 1.807) is 11.9 Å². The van der Waals surface area contributed by atoms with Gasteiger partial charge in [-0.25, -0.2) is 23.5 Å². The van der Waals surface area contributed by atoms with E-state index >= 15 is 0 Å². The molecule has 0 radical (unpaired) electrons. The highest BCUT2D eigenvalue weighted by Gasteiger charge is 2.42. The van der Waals surface area contributed by atoms with E-state index in [1.165, 1.54) is 17.3 Å². The summed E-state index contributed by atoms with van der Waals surface area (Å²) in [6.45, 7) is 4.39. The zero-order valence-electron chi connectivity index (χ0n) is 14.0. The minimum atomic E-state index is -0.598. The number of hydrogen-bond acceptors (Lipinski definition) is 3. The molecular formula is C18H16F2N4O. The van der Waals surface area contributed by atoms with Gasteiger partial charge < -0.3 is 4.90 Å². The standard InChI is InChI=1S/C18H16F2N4O/c1-18(2)11-24(17(25)23(18)3)16-21-9-12(10-22-16)4-5-13-8-14(19)6-7-15(13)20/h6-10H,11H2,1-3H3. The zero-order chi connectivity index (χ0) is 18.2. The van der Waals surface area contributed by atoms with Crippen molar-refractivity contribution in [2.24, 2.45) is 0 Å². The monoisotopic (exact) mass is 342 g/mol. The Labute approximate surface area is 144 Å². The fraction of sp³-hybridized carbons (Fsp3) is 0.278. The molecule has 0 unspecified atom stereocenters. The Balaban J connectivity index is 1.81. The van der Waals surface area contributed by atoms with Crippen LogP contribution in [0, 0.1) is 23.5 Å². The van der Waals surface area contributed by atoms with Crippen molar-refractivity contribution in [3.63, 3.8) is 0 Å². The van der Waals surface area contributed by atoms with Crippen LogP contribution in [0.5, 0.6) is 0 Å². The fourth-order valence-electron chi connectivity index (χ4n) is 2.41. The van der Waals surface area contributed by atoms with Crippen molar-refractivity contribution >= 4 is 12.0 Å². The van der Waals surface area contributed by atoms with Gasteiger partial charge in [-0.15, -0.1) is 0 Å². The highest BCUT2D eigenvalue weighted by atomic mass is 19.1. The van der Waals surface area contributed by atoms with Gasteiger partial charge in [-0.1, -0.05) is 11.8 Å². The minimum Gasteiger partial charge on any atom is -0.320 e. The van der Waals surface area contributed by atoms with Crippen LogP contribution in [-0.4, -0.2) is 40.0 Å². The Bertz CT molecular complexity index is 884. The second-order valence-electron chi connectivity index (χ2n) is 6.39. The average molecular weight is 342 g/mol. The van der Waals surface area contributed by atoms with Crippen LogP contribution < -0.4 is 4.90 Å². The number of carbonyl (C=O) groups excluding carboxylic acids is 1. The number of hydrogen-bond donors (Lipinski definition) is 0. The molecule has 0 N–H and O–H groups in total. The summed E-state index contributed by atoms with van der Waals surface area (Å²) in [5.74, 6) is 4.37. The number of amides is 2. The topological polar surface area (TPSA) is 49.3 Å². The van der Waals surface area contributed by atoms with E-state index in [-0.39, 0.29) is 23.1 Å². The predicted molar refractivity (Wildman–Crippen MR) is 89.0 cm³/mol. The lowest BCUT2D eigenvalue weighted by Gasteiger charge is -2.24. The highest BCUT2D eigenvalue weighted by Crippen LogP contribution is 2.26. The van der Waals surface area contributed by atoms with Gasteiger partial charge in [-0.2, -0.15) is 0 Å². The van der Waals surface area contributed by atoms with Gasteiger partial charge in [0.1, 0.15) is 11.6 Å². The first-order valence-corrected chi connectivity index (χ1v) is 7.62. The molecule has 1 aromatic heterocycles. The number of nitrogens with zero attached hydrogens (tertiary/aromatic N) is 4. The number of halogens is 2. The van der Waals surface area contributed by atoms with E-state index in [0.717, 1.165) is 18.2 Å². The van der Waals surface area contributed by atoms with Gasteiger partial charge in [0.05, 0.1) is 23.2 Å². The van der Waals surface area contributed by atoms with Gasteiger partial charge in [-0.05, 0) is 32.0 Å². The van der Waals surface area contributed by atoms with E-state index in [0.29, 0.717) is 12.1 Å². The third kappa shape index (κ3) is 3.29. The first-order chi connectivity index (χ1) is 11.8. The van der Waals surface area contributed by atoms with E-state index in [1.807, 2.05) is 13.8 Å². The van der Waals surface area contributed by atoms with Crippen molar-refractivity contribution in [1.82, 2.24) is 14.9 Å². The van der Waals surface area contributed by atoms with Gasteiger partial charge in [-0.3, -0.25) is 4.90 Å². The predicted octanol–water partition coefficient (Wildman–Crippen LogP) is 2.81. The van der Waals surface area contributed by atoms with Crippen molar-refractivity contribution in [2.45, 2.75) is 19.4 Å². The van der Waals surface area contributed by atoms with Crippen molar-refractivity contribution in [3.8, 4) is 11.8 Å². The molecule has 7 heteroatoms. The maximum absolute atomic E-state index is 13.5. The number of anilines is 1. The molecule has 1 aliphatic heterocycles. The zero-order valence-corrected chi connectivity index (χ0v) is 14.0. The van der Waals surface area contributed by atoms with Gasteiger partial charge in [0.25, 0.3) is 0 Å². The Morgan fingerprint density at radius 1 is 1.16 bits per heavy atom. The molecule has 25 heavy (non-hydrogen) atoms. The molecular weight excluding hydrogens is 326 g/mol. The van der Waals surface area contributed by atoms with Crippen LogP contribution in [0.1, 0.15) is 25.0 Å². The molecule has 1 fully saturated rings. The number of likely N-dealkylation sites (N-methyl/N-ethyl adjacent to an activating group) is 1. The smallest absolute Gasteiger partial charge is 0.320 e. The summed E-state index contributed by atoms with van der Waals surface area (Å²) in [4.78, 5) is 23.7. The first-order valence-electron chi connectivity index (χ1n) is 7.62. The quantitative estimate of drug-likeness (QED) is 0.749. The lowest BCUT2D eigenvalue weighted by Crippen LogP contribution is -2.38. The summed E-state index contributed by atoms with van der Waals surface area (Å²) in [5.41, 5.74) is 0.0854. The fourth-order valence-corrected chi connectivity index (χ4v) is 2.41. The van der Waals surface area contributed by atoms with Crippen LogP contribution in [0.25, 0.3) is 0 Å². The van der Waals surface area contributed by atoms with Crippen LogP contribution in [0.15, 0.2) is 30.6 Å². The second-order valence-corrected chi connectivity index (χ2v) is 6.39. The molecule has 1 saturated heterocycles. The van der Waals surface area contributed by atoms with E-state index < -0.39 is 11.6 Å². The number of rotatable bonds is 1. The molecule has 1 aliphatic rings. The summed E-state index contributed by atoms with van der Waals surface area (Å²) < 4.78 is 26.7. The number of carbonyl (C=O) groups is 1. The maximum atomic E-state index is 13.5. The van der Waals surface area contributed by atoms with E-state index in [4.69, 9.17) is 0 Å². The normalized spacial score (nSPS) is 16.0. The summed E-state index contributed by atoms with van der Waals surface area (Å²) >= 11 is 0. The lowest BCUT2D eigenvalue weighted by atomic mass is 10.1. The SMILES string of the molecule is CN1C(=O)N(c2ncc(C#Cc3cc(F)ccc3F)cn2)CC1(C)C. The molecule has 2 aromatic rings. The first kappa shape index (κ1) is 16.8. The molecule has 0 atom stereocenters. The van der Waals surface area contributed by atoms with Gasteiger partial charge in [0.15, 0.2) is 0 Å². The third-order valence-electron chi connectivity index (χ3n) is 4.12. The van der Waals surface area contributed by atoms with Crippen LogP contribution in [0.2, 0.25) is 0 Å². The molecule has 0 spiro atoms. The van der Waals surface area contributed by atoms with Crippen LogP contribution in [-0.2, 0) is 0 Å². The Morgan fingerprint density at radius 2 is 1.84 bits per heavy atom. The van der Waals surface area contributed by atoms with Crippen molar-refractivity contribution < 1.29 is 13.6 Å². The number of urea groups is 1. The molecule has 128 valence electrons. The van der Waals surface area contributed by atoms with Gasteiger partial charge in [0.2, 0.25) is 5.95 Å².